The van der Waals surface area contributed by atoms with Crippen molar-refractivity contribution in [3.63, 3.8) is 0 Å². The fourth-order valence-corrected chi connectivity index (χ4v) is 6.92. The van der Waals surface area contributed by atoms with E-state index in [1.807, 2.05) is 13.8 Å². The molecule has 0 bridgehead atoms. The molecule has 0 unspecified atom stereocenters. The van der Waals surface area contributed by atoms with E-state index in [2.05, 4.69) is 4.72 Å². The summed E-state index contributed by atoms with van der Waals surface area (Å²) in [5, 5.41) is 11.7. The van der Waals surface area contributed by atoms with Gasteiger partial charge in [-0.2, -0.15) is 0 Å². The van der Waals surface area contributed by atoms with Crippen molar-refractivity contribution in [3.8, 4) is 5.75 Å². The Morgan fingerprint density at radius 2 is 1.93 bits per heavy atom. The van der Waals surface area contributed by atoms with Crippen LogP contribution in [0, 0.1) is 5.92 Å². The average molecular weight is 632 g/mol. The van der Waals surface area contributed by atoms with Gasteiger partial charge in [0, 0.05) is 38.3 Å². The van der Waals surface area contributed by atoms with Crippen LogP contribution in [0.25, 0.3) is 0 Å². The summed E-state index contributed by atoms with van der Waals surface area (Å²) in [6.45, 7) is 5.86. The number of anilines is 1. The van der Waals surface area contributed by atoms with Crippen molar-refractivity contribution in [1.82, 2.24) is 9.21 Å². The molecule has 1 aromatic carbocycles. The van der Waals surface area contributed by atoms with Crippen LogP contribution in [0.3, 0.4) is 0 Å². The van der Waals surface area contributed by atoms with E-state index in [0.717, 1.165) is 30.4 Å². The molecule has 3 rings (SSSR count). The molecule has 1 aliphatic rings. The van der Waals surface area contributed by atoms with Gasteiger partial charge in [-0.25, -0.2) is 21.1 Å². The van der Waals surface area contributed by atoms with E-state index in [-0.39, 0.29) is 47.2 Å². The molecular weight excluding hydrogens is 591 g/mol. The van der Waals surface area contributed by atoms with Gasteiger partial charge in [-0.15, -0.1) is 11.3 Å². The van der Waals surface area contributed by atoms with Crippen LogP contribution >= 0.6 is 11.3 Å². The van der Waals surface area contributed by atoms with Crippen molar-refractivity contribution < 1.29 is 36.2 Å². The minimum absolute atomic E-state index is 0.111. The molecule has 1 amide bonds. The molecule has 0 saturated carbocycles. The van der Waals surface area contributed by atoms with Gasteiger partial charge >= 0.3 is 0 Å². The van der Waals surface area contributed by atoms with Gasteiger partial charge in [0.15, 0.2) is 0 Å². The first-order valence-corrected chi connectivity index (χ1v) is 17.8. The highest BCUT2D eigenvalue weighted by molar-refractivity contribution is 7.94. The molecule has 1 aromatic heterocycles. The van der Waals surface area contributed by atoms with Crippen LogP contribution in [-0.4, -0.2) is 94.9 Å². The molecule has 14 heteroatoms. The minimum Gasteiger partial charge on any atom is -0.490 e. The standard InChI is InChI=1S/C27H41N3O8S3/c1-19-16-30(20(2)18-31)27(32)23-15-22(28-41(35,36)26-10-8-14-39-26)11-12-24(23)38-21(3)9-6-7-13-37-25(19)17-29(4)40(5,33)34/h8,10-12,14-15,19-21,25,28,31H,6-7,9,13,16-18H2,1-5H3/t19-,20+,21+,25-/m0/s1. The van der Waals surface area contributed by atoms with Crippen molar-refractivity contribution in [3.05, 3.63) is 41.3 Å². The molecule has 2 N–H and O–H groups in total. The Morgan fingerprint density at radius 1 is 1.20 bits per heavy atom. The van der Waals surface area contributed by atoms with Crippen molar-refractivity contribution in [2.75, 3.05) is 44.3 Å². The number of fused-ring (bicyclic) bond motifs is 1. The topological polar surface area (TPSA) is 143 Å². The van der Waals surface area contributed by atoms with Crippen molar-refractivity contribution in [2.45, 2.75) is 62.5 Å². The fourth-order valence-electron chi connectivity index (χ4n) is 4.46. The first-order valence-electron chi connectivity index (χ1n) is 13.5. The molecule has 2 heterocycles. The number of ether oxygens (including phenoxy) is 2. The van der Waals surface area contributed by atoms with Crippen LogP contribution in [-0.2, 0) is 24.8 Å². The monoisotopic (exact) mass is 631 g/mol. The number of carbonyl (C=O) groups excluding carboxylic acids is 1. The molecule has 4 atom stereocenters. The Bertz CT molecular complexity index is 1370. The number of sulfonamides is 2. The number of rotatable bonds is 8. The van der Waals surface area contributed by atoms with Gasteiger partial charge in [-0.3, -0.25) is 9.52 Å². The van der Waals surface area contributed by atoms with E-state index in [1.54, 1.807) is 30.5 Å². The molecule has 2 aromatic rings. The smallest absolute Gasteiger partial charge is 0.271 e. The number of likely N-dealkylation sites (N-methyl/N-ethyl adjacent to an activating group) is 1. The Hall–Kier alpha value is -2.23. The maximum absolute atomic E-state index is 14.1. The summed E-state index contributed by atoms with van der Waals surface area (Å²) in [6, 6.07) is 7.13. The number of hydrogen-bond acceptors (Lipinski definition) is 9. The fraction of sp³-hybridized carbons (Fsp3) is 0.593. The summed E-state index contributed by atoms with van der Waals surface area (Å²) in [6.07, 6.45) is 2.60. The maximum Gasteiger partial charge on any atom is 0.271 e. The van der Waals surface area contributed by atoms with Gasteiger partial charge < -0.3 is 19.5 Å². The van der Waals surface area contributed by atoms with Crippen LogP contribution in [0.4, 0.5) is 5.69 Å². The normalized spacial score (nSPS) is 22.5. The average Bonchev–Trinajstić information content (AvgIpc) is 3.46. The molecule has 11 nitrogen and oxygen atoms in total. The van der Waals surface area contributed by atoms with E-state index in [9.17, 15) is 26.7 Å². The zero-order valence-corrected chi connectivity index (χ0v) is 26.6. The predicted molar refractivity (Wildman–Crippen MR) is 159 cm³/mol. The number of nitrogens with one attached hydrogen (secondary N) is 1. The zero-order chi connectivity index (χ0) is 30.4. The van der Waals surface area contributed by atoms with Crippen molar-refractivity contribution >= 4 is 43.0 Å². The molecule has 1 aliphatic heterocycles. The van der Waals surface area contributed by atoms with E-state index in [4.69, 9.17) is 9.47 Å². The lowest BCUT2D eigenvalue weighted by atomic mass is 10.0. The number of thiophene rings is 1. The lowest BCUT2D eigenvalue weighted by Crippen LogP contribution is -2.47. The van der Waals surface area contributed by atoms with Gasteiger partial charge in [0.05, 0.1) is 36.7 Å². The van der Waals surface area contributed by atoms with Crippen molar-refractivity contribution in [2.24, 2.45) is 5.92 Å². The number of amides is 1. The summed E-state index contributed by atoms with van der Waals surface area (Å²) in [5.74, 6) is -0.444. The minimum atomic E-state index is -3.86. The molecule has 0 aliphatic carbocycles. The number of aliphatic hydroxyl groups excluding tert-OH is 1. The second-order valence-electron chi connectivity index (χ2n) is 10.6. The summed E-state index contributed by atoms with van der Waals surface area (Å²) < 4.78 is 66.3. The number of nitrogens with zero attached hydrogens (tertiary/aromatic N) is 2. The highest BCUT2D eigenvalue weighted by atomic mass is 32.2. The van der Waals surface area contributed by atoms with E-state index in [0.29, 0.717) is 18.8 Å². The zero-order valence-electron chi connectivity index (χ0n) is 24.1. The van der Waals surface area contributed by atoms with Gasteiger partial charge in [-0.05, 0) is 62.8 Å². The number of hydrogen-bond donors (Lipinski definition) is 2. The van der Waals surface area contributed by atoms with Gasteiger partial charge in [0.2, 0.25) is 10.0 Å². The molecule has 41 heavy (non-hydrogen) atoms. The van der Waals surface area contributed by atoms with E-state index < -0.39 is 38.1 Å². The SMILES string of the molecule is C[C@@H]1CCCCO[C@@H](CN(C)S(C)(=O)=O)[C@@H](C)CN([C@H](C)CO)C(=O)c2cc(NS(=O)(=O)c3cccs3)ccc2O1. The number of carbonyl (C=O) groups is 1. The molecule has 0 spiro atoms. The van der Waals surface area contributed by atoms with Gasteiger partial charge in [0.25, 0.3) is 15.9 Å². The lowest BCUT2D eigenvalue weighted by molar-refractivity contribution is -0.00828. The third-order valence-electron chi connectivity index (χ3n) is 7.07. The Balaban J connectivity index is 2.02. The first-order chi connectivity index (χ1) is 19.2. The number of benzene rings is 1. The molecular formula is C27H41N3O8S3. The van der Waals surface area contributed by atoms with E-state index in [1.165, 1.54) is 28.4 Å². The van der Waals surface area contributed by atoms with Gasteiger partial charge in [0.1, 0.15) is 9.96 Å². The molecule has 0 radical (unpaired) electrons. The first kappa shape index (κ1) is 33.3. The Kier molecular flexibility index (Phi) is 11.6. The summed E-state index contributed by atoms with van der Waals surface area (Å²) in [4.78, 5) is 15.6. The second kappa shape index (κ2) is 14.3. The second-order valence-corrected chi connectivity index (χ2v) is 15.5. The lowest BCUT2D eigenvalue weighted by Gasteiger charge is -2.35. The van der Waals surface area contributed by atoms with Crippen molar-refractivity contribution in [1.29, 1.82) is 0 Å². The van der Waals surface area contributed by atoms with Gasteiger partial charge in [-0.1, -0.05) is 13.0 Å². The predicted octanol–water partition coefficient (Wildman–Crippen LogP) is 3.24. The van der Waals surface area contributed by atoms with E-state index >= 15 is 0 Å². The summed E-state index contributed by atoms with van der Waals surface area (Å²) >= 11 is 1.08. The maximum atomic E-state index is 14.1. The quantitative estimate of drug-likeness (QED) is 0.452. The van der Waals surface area contributed by atoms with Crippen LogP contribution in [0.15, 0.2) is 39.9 Å². The Labute approximate surface area is 247 Å². The Morgan fingerprint density at radius 3 is 2.56 bits per heavy atom. The van der Waals surface area contributed by atoms with Crippen LogP contribution in [0.5, 0.6) is 5.75 Å². The molecule has 230 valence electrons. The number of aliphatic hydroxyl groups is 1. The molecule has 0 saturated heterocycles. The third kappa shape index (κ3) is 9.13. The van der Waals surface area contributed by atoms with Crippen LogP contribution < -0.4 is 9.46 Å². The van der Waals surface area contributed by atoms with Crippen LogP contribution in [0.1, 0.15) is 50.4 Å². The largest absolute Gasteiger partial charge is 0.490 e. The summed E-state index contributed by atoms with van der Waals surface area (Å²) in [5.41, 5.74) is 0.349. The third-order valence-corrected chi connectivity index (χ3v) is 11.1. The molecule has 0 fully saturated rings. The summed E-state index contributed by atoms with van der Waals surface area (Å²) in [7, 11) is -5.82. The highest BCUT2D eigenvalue weighted by Crippen LogP contribution is 2.30. The highest BCUT2D eigenvalue weighted by Gasteiger charge is 2.31. The van der Waals surface area contributed by atoms with Crippen LogP contribution in [0.2, 0.25) is 0 Å².